The molecular formula is C40H49N9O4. The Morgan fingerprint density at radius 3 is 2.36 bits per heavy atom. The molecule has 1 aliphatic carbocycles. The second-order valence-electron chi connectivity index (χ2n) is 15.3. The third-order valence-electron chi connectivity index (χ3n) is 11.9. The molecule has 3 N–H and O–H groups in total. The van der Waals surface area contributed by atoms with E-state index in [1.54, 1.807) is 13.1 Å². The molecule has 0 spiro atoms. The maximum absolute atomic E-state index is 13.6. The second kappa shape index (κ2) is 14.8. The van der Waals surface area contributed by atoms with Gasteiger partial charge in [-0.25, -0.2) is 15.0 Å². The minimum atomic E-state index is -0.474. The fourth-order valence-electron chi connectivity index (χ4n) is 8.75. The zero-order chi connectivity index (χ0) is 36.6. The summed E-state index contributed by atoms with van der Waals surface area (Å²) in [6.45, 7) is 10.6. The van der Waals surface area contributed by atoms with E-state index in [0.717, 1.165) is 93.9 Å². The molecule has 3 amide bonds. The van der Waals surface area contributed by atoms with Crippen molar-refractivity contribution in [2.45, 2.75) is 76.9 Å². The number of carbonyl (C=O) groups is 3. The molecule has 2 unspecified atom stereocenters. The summed E-state index contributed by atoms with van der Waals surface area (Å²) in [7, 11) is 0. The Labute approximate surface area is 310 Å². The number of hydrogen-bond acceptors (Lipinski definition) is 11. The smallest absolute Gasteiger partial charge is 0.259 e. The van der Waals surface area contributed by atoms with Crippen molar-refractivity contribution in [3.63, 3.8) is 0 Å². The van der Waals surface area contributed by atoms with Crippen LogP contribution < -0.4 is 20.4 Å². The molecule has 5 aliphatic heterocycles. The van der Waals surface area contributed by atoms with Crippen LogP contribution in [-0.2, 0) is 14.4 Å². The van der Waals surface area contributed by atoms with Crippen molar-refractivity contribution in [2.75, 3.05) is 60.9 Å². The molecule has 0 radical (unpaired) electrons. The van der Waals surface area contributed by atoms with Gasteiger partial charge in [0.25, 0.3) is 5.91 Å². The minimum Gasteiger partial charge on any atom is -0.512 e. The molecular weight excluding hydrogens is 670 g/mol. The fraction of sp³-hybridized carbons (Fsp3) is 0.500. The minimum absolute atomic E-state index is 0.0318. The van der Waals surface area contributed by atoms with E-state index in [1.165, 1.54) is 12.1 Å². The van der Waals surface area contributed by atoms with Gasteiger partial charge in [-0.3, -0.25) is 24.6 Å². The number of guanidine groups is 1. The summed E-state index contributed by atoms with van der Waals surface area (Å²) in [5.74, 6) is 1.01. The molecule has 8 rings (SSSR count). The summed E-state index contributed by atoms with van der Waals surface area (Å²) in [6, 6.07) is 12.4. The monoisotopic (exact) mass is 719 g/mol. The van der Waals surface area contributed by atoms with Crippen LogP contribution in [0.15, 0.2) is 75.1 Å². The lowest BCUT2D eigenvalue weighted by Gasteiger charge is -2.43. The number of amides is 3. The Morgan fingerprint density at radius 1 is 0.943 bits per heavy atom. The average molecular weight is 720 g/mol. The average Bonchev–Trinajstić information content (AvgIpc) is 3.66. The van der Waals surface area contributed by atoms with Crippen molar-refractivity contribution < 1.29 is 19.5 Å². The molecule has 1 aromatic carbocycles. The van der Waals surface area contributed by atoms with E-state index in [1.807, 2.05) is 36.2 Å². The number of aliphatic hydroxyl groups is 1. The van der Waals surface area contributed by atoms with Crippen molar-refractivity contribution in [3.8, 4) is 0 Å². The summed E-state index contributed by atoms with van der Waals surface area (Å²) in [5.41, 5.74) is 5.19. The highest BCUT2D eigenvalue weighted by atomic mass is 16.3. The first-order valence-electron chi connectivity index (χ1n) is 19.2. The molecule has 6 aliphatic rings. The van der Waals surface area contributed by atoms with Crippen LogP contribution in [0.5, 0.6) is 0 Å². The van der Waals surface area contributed by atoms with Gasteiger partial charge in [0, 0.05) is 69.2 Å². The number of aliphatic imine (C=N–C) groups is 2. The topological polar surface area (TPSA) is 146 Å². The second-order valence-corrected chi connectivity index (χ2v) is 15.3. The van der Waals surface area contributed by atoms with Crippen LogP contribution in [0.4, 0.5) is 17.2 Å². The molecule has 13 heteroatoms. The van der Waals surface area contributed by atoms with E-state index in [0.29, 0.717) is 36.1 Å². The molecule has 53 heavy (non-hydrogen) atoms. The number of imide groups is 1. The zero-order valence-electron chi connectivity index (χ0n) is 30.6. The van der Waals surface area contributed by atoms with Gasteiger partial charge in [0.05, 0.1) is 23.4 Å². The highest BCUT2D eigenvalue weighted by molar-refractivity contribution is 6.09. The fourth-order valence-corrected chi connectivity index (χ4v) is 8.75. The predicted molar refractivity (Wildman–Crippen MR) is 205 cm³/mol. The van der Waals surface area contributed by atoms with E-state index in [4.69, 9.17) is 4.99 Å². The molecule has 2 aromatic rings. The van der Waals surface area contributed by atoms with Crippen LogP contribution in [-0.4, -0.2) is 108 Å². The first-order valence-corrected chi connectivity index (χ1v) is 19.2. The summed E-state index contributed by atoms with van der Waals surface area (Å²) >= 11 is 0. The number of piperazine rings is 1. The van der Waals surface area contributed by atoms with Gasteiger partial charge < -0.3 is 25.1 Å². The van der Waals surface area contributed by atoms with E-state index < -0.39 is 6.17 Å². The Hall–Kier alpha value is -5.04. The number of fused-ring (bicyclic) bond motifs is 1. The van der Waals surface area contributed by atoms with Crippen LogP contribution >= 0.6 is 0 Å². The van der Waals surface area contributed by atoms with Gasteiger partial charge >= 0.3 is 0 Å². The number of pyridine rings is 1. The van der Waals surface area contributed by atoms with Crippen molar-refractivity contribution in [1.82, 2.24) is 20.1 Å². The number of anilines is 3. The van der Waals surface area contributed by atoms with Crippen LogP contribution in [0.3, 0.4) is 0 Å². The maximum Gasteiger partial charge on any atom is 0.259 e. The summed E-state index contributed by atoms with van der Waals surface area (Å²) < 4.78 is 0. The summed E-state index contributed by atoms with van der Waals surface area (Å²) in [4.78, 5) is 60.7. The van der Waals surface area contributed by atoms with Gasteiger partial charge in [0.1, 0.15) is 11.6 Å². The van der Waals surface area contributed by atoms with E-state index in [2.05, 4.69) is 53.5 Å². The molecule has 1 saturated carbocycles. The van der Waals surface area contributed by atoms with Crippen molar-refractivity contribution in [3.05, 3.63) is 70.6 Å². The van der Waals surface area contributed by atoms with Crippen molar-refractivity contribution >= 4 is 47.1 Å². The van der Waals surface area contributed by atoms with E-state index in [9.17, 15) is 19.5 Å². The molecule has 0 bridgehead atoms. The quantitative estimate of drug-likeness (QED) is 0.206. The highest BCUT2D eigenvalue weighted by Crippen LogP contribution is 2.37. The van der Waals surface area contributed by atoms with Gasteiger partial charge in [-0.15, -0.1) is 0 Å². The Morgan fingerprint density at radius 2 is 1.68 bits per heavy atom. The molecule has 4 fully saturated rings. The molecule has 2 atom stereocenters. The van der Waals surface area contributed by atoms with Gasteiger partial charge in [0.15, 0.2) is 6.17 Å². The van der Waals surface area contributed by atoms with Crippen LogP contribution in [0.2, 0.25) is 0 Å². The van der Waals surface area contributed by atoms with Gasteiger partial charge in [-0.05, 0) is 87.4 Å². The molecule has 3 saturated heterocycles. The standard InChI is InChI=1S/C40H49N9O4/c1-25-33-22-42-40(45-37(33)49(30-5-3-4-6-30)39(53)36(25)26(2)50)43-34-13-11-31(21-41-34)47-19-17-46(18-20-47)16-15-27-23-48(24-27)29-9-7-28(8-10-29)32-12-14-35(51)44-38(32)52/h7-11,13,21-22,27,30,32,37,50H,3-6,12,14-20,23-24H2,1-2H3,(H,41,43,45)(H,44,51,52)/b36-26+. The number of aliphatic hydroxyl groups excluding tert-OH is 1. The molecule has 1 aromatic heterocycles. The van der Waals surface area contributed by atoms with E-state index in [-0.39, 0.29) is 35.4 Å². The normalized spacial score (nSPS) is 25.4. The first-order chi connectivity index (χ1) is 25.7. The van der Waals surface area contributed by atoms with E-state index >= 15 is 0 Å². The van der Waals surface area contributed by atoms with Crippen LogP contribution in [0.1, 0.15) is 70.3 Å². The third-order valence-corrected chi connectivity index (χ3v) is 11.9. The number of allylic oxidation sites excluding steroid dienone is 1. The number of benzene rings is 1. The van der Waals surface area contributed by atoms with Crippen LogP contribution in [0.25, 0.3) is 0 Å². The number of piperidine rings is 1. The lowest BCUT2D eigenvalue weighted by atomic mass is 9.90. The maximum atomic E-state index is 13.6. The summed E-state index contributed by atoms with van der Waals surface area (Å²) in [5, 5.41) is 16.1. The largest absolute Gasteiger partial charge is 0.512 e. The number of rotatable bonds is 8. The number of hydrogen-bond donors (Lipinski definition) is 3. The SMILES string of the molecule is CC1=C2C=NC(Nc3ccc(N4CCN(CCC5CN(c6ccc(C7CCC(=O)NC7=O)cc6)C5)CC4)cn3)=NC2N(C2CCCC2)C(=O)/C1=C(\C)O. The van der Waals surface area contributed by atoms with Crippen molar-refractivity contribution in [2.24, 2.45) is 15.9 Å². The Balaban J connectivity index is 0.797. The van der Waals surface area contributed by atoms with Gasteiger partial charge in [0.2, 0.25) is 17.8 Å². The molecule has 6 heterocycles. The van der Waals surface area contributed by atoms with Crippen LogP contribution in [0, 0.1) is 5.92 Å². The zero-order valence-corrected chi connectivity index (χ0v) is 30.6. The number of nitrogens with zero attached hydrogens (tertiary/aromatic N) is 7. The first kappa shape index (κ1) is 35.0. The van der Waals surface area contributed by atoms with Gasteiger partial charge in [-0.1, -0.05) is 25.0 Å². The third kappa shape index (κ3) is 7.18. The van der Waals surface area contributed by atoms with Gasteiger partial charge in [-0.2, -0.15) is 0 Å². The summed E-state index contributed by atoms with van der Waals surface area (Å²) in [6.07, 6.45) is 9.39. The number of nitrogens with one attached hydrogen (secondary N) is 2. The lowest BCUT2D eigenvalue weighted by molar-refractivity contribution is -0.134. The Bertz CT molecular complexity index is 1860. The lowest BCUT2D eigenvalue weighted by Crippen LogP contribution is -2.51. The number of carbonyl (C=O) groups excluding carboxylic acids is 3. The number of aromatic nitrogens is 1. The van der Waals surface area contributed by atoms with Crippen molar-refractivity contribution in [1.29, 1.82) is 0 Å². The highest BCUT2D eigenvalue weighted by Gasteiger charge is 2.42. The molecule has 13 nitrogen and oxygen atoms in total. The Kier molecular flexibility index (Phi) is 9.76. The molecule has 278 valence electrons. The predicted octanol–water partition coefficient (Wildman–Crippen LogP) is 4.36.